The molecule has 0 radical (unpaired) electrons. The third-order valence-corrected chi connectivity index (χ3v) is 3.88. The molecule has 2 nitrogen and oxygen atoms in total. The maximum Gasteiger partial charge on any atom is 0.119 e. The molecule has 1 aromatic carbocycles. The Morgan fingerprint density at radius 3 is 1.96 bits per heavy atom. The van der Waals surface area contributed by atoms with Crippen molar-refractivity contribution in [2.75, 3.05) is 13.2 Å². The molecule has 0 aliphatic heterocycles. The first-order valence-corrected chi connectivity index (χ1v) is 9.67. The topological polar surface area (TPSA) is 29.5 Å². The molecule has 0 amide bonds. The summed E-state index contributed by atoms with van der Waals surface area (Å²) in [7, 11) is 0. The van der Waals surface area contributed by atoms with Crippen molar-refractivity contribution < 1.29 is 9.84 Å². The molecule has 138 valence electrons. The monoisotopic (exact) mass is 334 g/mol. The van der Waals surface area contributed by atoms with Crippen molar-refractivity contribution in [1.29, 1.82) is 0 Å². The lowest BCUT2D eigenvalue weighted by Gasteiger charge is -2.25. The molecule has 0 saturated heterocycles. The Hall–Kier alpha value is -1.28. The molecule has 1 aliphatic rings. The van der Waals surface area contributed by atoms with E-state index in [0.29, 0.717) is 12.4 Å². The van der Waals surface area contributed by atoms with E-state index in [1.165, 1.54) is 50.5 Å². The van der Waals surface area contributed by atoms with Crippen molar-refractivity contribution in [3.63, 3.8) is 0 Å². The number of hydrogen-bond acceptors (Lipinski definition) is 2. The minimum absolute atomic E-state index is 0.0270. The predicted octanol–water partition coefficient (Wildman–Crippen LogP) is 6.55. The number of aliphatic hydroxyl groups is 1. The van der Waals surface area contributed by atoms with Gasteiger partial charge in [-0.05, 0) is 24.3 Å². The molecule has 24 heavy (non-hydrogen) atoms. The van der Waals surface area contributed by atoms with Crippen molar-refractivity contribution in [3.05, 3.63) is 42.0 Å². The number of benzene rings is 1. The largest absolute Gasteiger partial charge is 0.491 e. The molecule has 1 aromatic rings. The summed E-state index contributed by atoms with van der Waals surface area (Å²) >= 11 is 0. The lowest BCUT2D eigenvalue weighted by atomic mass is 9.80. The van der Waals surface area contributed by atoms with Crippen LogP contribution in [-0.4, -0.2) is 18.3 Å². The fraction of sp³-hybridized carbons (Fsp3) is 0.636. The van der Waals surface area contributed by atoms with Gasteiger partial charge in [-0.3, -0.25) is 0 Å². The number of ether oxygens (including phenoxy) is 1. The van der Waals surface area contributed by atoms with Crippen LogP contribution in [-0.2, 0) is 4.74 Å². The van der Waals surface area contributed by atoms with Crippen LogP contribution < -0.4 is 0 Å². The van der Waals surface area contributed by atoms with Gasteiger partial charge in [-0.2, -0.15) is 0 Å². The van der Waals surface area contributed by atoms with E-state index >= 15 is 0 Å². The Morgan fingerprint density at radius 2 is 1.62 bits per heavy atom. The third-order valence-electron chi connectivity index (χ3n) is 3.88. The molecule has 0 bridgehead atoms. The summed E-state index contributed by atoms with van der Waals surface area (Å²) in [5.74, 6) is 1.40. The second kappa shape index (κ2) is 15.3. The Balaban J connectivity index is 0.000000559. The molecule has 1 fully saturated rings. The van der Waals surface area contributed by atoms with E-state index in [1.807, 2.05) is 12.1 Å². The summed E-state index contributed by atoms with van der Waals surface area (Å²) < 4.78 is 5.27. The smallest absolute Gasteiger partial charge is 0.119 e. The molecule has 0 heterocycles. The fourth-order valence-electron chi connectivity index (χ4n) is 2.29. The number of unbranched alkanes of at least 4 members (excludes halogenated alkanes) is 2. The summed E-state index contributed by atoms with van der Waals surface area (Å²) in [6.45, 7) is 12.8. The van der Waals surface area contributed by atoms with E-state index in [9.17, 15) is 0 Å². The summed E-state index contributed by atoms with van der Waals surface area (Å²) in [4.78, 5) is 0. The number of hydrogen-bond donors (Lipinski definition) is 1. The van der Waals surface area contributed by atoms with E-state index in [1.54, 1.807) is 0 Å². The van der Waals surface area contributed by atoms with Crippen LogP contribution in [0.4, 0.5) is 0 Å². The Bertz CT molecular complexity index is 402. The Labute approximate surface area is 149 Å². The van der Waals surface area contributed by atoms with Gasteiger partial charge in [0.25, 0.3) is 0 Å². The van der Waals surface area contributed by atoms with Crippen molar-refractivity contribution in [2.45, 2.75) is 78.6 Å². The summed E-state index contributed by atoms with van der Waals surface area (Å²) in [6.07, 6.45) is 9.33. The average Bonchev–Trinajstić information content (AvgIpc) is 2.54. The second-order valence-electron chi connectivity index (χ2n) is 6.31. The van der Waals surface area contributed by atoms with Crippen LogP contribution in [0.1, 0.15) is 89.7 Å². The van der Waals surface area contributed by atoms with Crippen LogP contribution >= 0.6 is 0 Å². The maximum atomic E-state index is 8.65. The molecule has 2 rings (SSSR count). The first-order chi connectivity index (χ1) is 11.6. The highest BCUT2D eigenvalue weighted by Crippen LogP contribution is 2.36. The number of aliphatic hydroxyl groups excluding tert-OH is 1. The van der Waals surface area contributed by atoms with Crippen LogP contribution in [0.5, 0.6) is 0 Å². The minimum atomic E-state index is 0.0270. The summed E-state index contributed by atoms with van der Waals surface area (Å²) in [5.41, 5.74) is 2.42. The van der Waals surface area contributed by atoms with Crippen LogP contribution in [0, 0.1) is 0 Å². The lowest BCUT2D eigenvalue weighted by molar-refractivity contribution is 0.181. The molecule has 0 spiro atoms. The van der Waals surface area contributed by atoms with E-state index in [4.69, 9.17) is 9.84 Å². The van der Waals surface area contributed by atoms with Gasteiger partial charge in [0.15, 0.2) is 0 Å². The molecule has 0 aromatic heterocycles. The number of rotatable bonds is 7. The van der Waals surface area contributed by atoms with Gasteiger partial charge in [-0.25, -0.2) is 0 Å². The fourth-order valence-corrected chi connectivity index (χ4v) is 2.29. The first-order valence-electron chi connectivity index (χ1n) is 9.67. The van der Waals surface area contributed by atoms with Crippen LogP contribution in [0.15, 0.2) is 30.8 Å². The second-order valence-corrected chi connectivity index (χ2v) is 6.31. The van der Waals surface area contributed by atoms with Gasteiger partial charge < -0.3 is 9.84 Å². The first kappa shape index (κ1) is 22.7. The maximum absolute atomic E-state index is 8.65. The van der Waals surface area contributed by atoms with E-state index in [-0.39, 0.29) is 6.61 Å². The Morgan fingerprint density at radius 1 is 1.08 bits per heavy atom. The van der Waals surface area contributed by atoms with Crippen molar-refractivity contribution in [1.82, 2.24) is 0 Å². The molecular weight excluding hydrogens is 296 g/mol. The van der Waals surface area contributed by atoms with Gasteiger partial charge in [0, 0.05) is 5.56 Å². The SMILES string of the molecule is C=C(OCCO)c1ccc(C2CCC2)cc1.CCC.CCCCC. The van der Waals surface area contributed by atoms with Crippen LogP contribution in [0.25, 0.3) is 5.76 Å². The molecule has 1 aliphatic carbocycles. The van der Waals surface area contributed by atoms with E-state index in [2.05, 4.69) is 46.4 Å². The zero-order valence-electron chi connectivity index (χ0n) is 16.3. The highest BCUT2D eigenvalue weighted by Gasteiger charge is 2.19. The highest BCUT2D eigenvalue weighted by atomic mass is 16.5. The molecule has 0 atom stereocenters. The van der Waals surface area contributed by atoms with Gasteiger partial charge in [-0.1, -0.05) is 90.6 Å². The molecule has 1 N–H and O–H groups in total. The lowest BCUT2D eigenvalue weighted by Crippen LogP contribution is -2.08. The van der Waals surface area contributed by atoms with Crippen LogP contribution in [0.3, 0.4) is 0 Å². The van der Waals surface area contributed by atoms with Crippen molar-refractivity contribution in [2.24, 2.45) is 0 Å². The van der Waals surface area contributed by atoms with Gasteiger partial charge in [0.1, 0.15) is 12.4 Å². The van der Waals surface area contributed by atoms with Crippen molar-refractivity contribution in [3.8, 4) is 0 Å². The standard InChI is InChI=1S/C14H18O2.C5H12.C3H8/c1-11(16-10-9-15)12-5-7-14(8-6-12)13-3-2-4-13;1-3-5-4-2;1-3-2/h5-8,13,15H,1-4,9-10H2;3-5H2,1-2H3;3H2,1-2H3. The Kier molecular flexibility index (Phi) is 14.4. The van der Waals surface area contributed by atoms with E-state index in [0.717, 1.165) is 11.5 Å². The quantitative estimate of drug-likeness (QED) is 0.573. The molecule has 1 saturated carbocycles. The zero-order chi connectivity index (χ0) is 18.2. The minimum Gasteiger partial charge on any atom is -0.491 e. The van der Waals surface area contributed by atoms with Crippen molar-refractivity contribution >= 4 is 5.76 Å². The highest BCUT2D eigenvalue weighted by molar-refractivity contribution is 5.57. The third kappa shape index (κ3) is 9.77. The van der Waals surface area contributed by atoms with Crippen LogP contribution in [0.2, 0.25) is 0 Å². The van der Waals surface area contributed by atoms with Gasteiger partial charge >= 0.3 is 0 Å². The summed E-state index contributed by atoms with van der Waals surface area (Å²) in [5, 5.41) is 8.65. The normalized spacial score (nSPS) is 12.9. The molecular formula is C22H38O2. The van der Waals surface area contributed by atoms with Gasteiger partial charge in [-0.15, -0.1) is 0 Å². The summed E-state index contributed by atoms with van der Waals surface area (Å²) in [6, 6.07) is 8.42. The van der Waals surface area contributed by atoms with Gasteiger partial charge in [0.05, 0.1) is 6.61 Å². The molecule has 0 unspecified atom stereocenters. The van der Waals surface area contributed by atoms with Gasteiger partial charge in [0.2, 0.25) is 0 Å². The molecule has 2 heteroatoms. The predicted molar refractivity (Wildman–Crippen MR) is 106 cm³/mol. The zero-order valence-corrected chi connectivity index (χ0v) is 16.3. The van der Waals surface area contributed by atoms with E-state index < -0.39 is 0 Å². The average molecular weight is 335 g/mol.